The molecule has 0 aromatic heterocycles. The van der Waals surface area contributed by atoms with Crippen LogP contribution in [0.15, 0.2) is 18.2 Å². The maximum absolute atomic E-state index is 13.6. The van der Waals surface area contributed by atoms with Crippen molar-refractivity contribution in [1.82, 2.24) is 9.80 Å². The van der Waals surface area contributed by atoms with Crippen LogP contribution in [0.5, 0.6) is 0 Å². The zero-order valence-corrected chi connectivity index (χ0v) is 10.6. The van der Waals surface area contributed by atoms with E-state index < -0.39 is 11.6 Å². The second-order valence-electron chi connectivity index (χ2n) is 5.21. The minimum absolute atomic E-state index is 0.0344. The van der Waals surface area contributed by atoms with E-state index in [-0.39, 0.29) is 11.5 Å². The van der Waals surface area contributed by atoms with Crippen LogP contribution in [0, 0.1) is 11.6 Å². The Labute approximate surface area is 110 Å². The number of hydrogen-bond acceptors (Lipinski definition) is 2. The molecule has 2 heterocycles. The molecule has 0 N–H and O–H groups in total. The number of carbonyl (C=O) groups is 1. The van der Waals surface area contributed by atoms with Crippen LogP contribution in [0.25, 0.3) is 0 Å². The molecule has 1 aromatic carbocycles. The van der Waals surface area contributed by atoms with Crippen LogP contribution in [-0.2, 0) is 0 Å². The number of benzene rings is 1. The molecule has 1 aromatic rings. The van der Waals surface area contributed by atoms with E-state index in [2.05, 4.69) is 4.90 Å². The Hall–Kier alpha value is -1.49. The van der Waals surface area contributed by atoms with Crippen molar-refractivity contribution in [2.45, 2.75) is 18.9 Å². The quantitative estimate of drug-likeness (QED) is 0.775. The average molecular weight is 266 g/mol. The van der Waals surface area contributed by atoms with Gasteiger partial charge in [0.25, 0.3) is 5.91 Å². The lowest BCUT2D eigenvalue weighted by Gasteiger charge is -2.37. The molecule has 0 aliphatic carbocycles. The molecule has 19 heavy (non-hydrogen) atoms. The molecule has 1 amide bonds. The van der Waals surface area contributed by atoms with Gasteiger partial charge in [0.05, 0.1) is 5.56 Å². The smallest absolute Gasteiger partial charge is 0.256 e. The van der Waals surface area contributed by atoms with E-state index >= 15 is 0 Å². The third-order valence-corrected chi connectivity index (χ3v) is 4.04. The SMILES string of the molecule is O=C(c1ccc(F)cc1F)N1CCN2CCCC2C1. The standard InChI is InChI=1S/C14H16F2N2O/c15-10-3-4-12(13(16)8-10)14(19)18-7-6-17-5-1-2-11(17)9-18/h3-4,8,11H,1-2,5-7,9H2. The predicted molar refractivity (Wildman–Crippen MR) is 66.9 cm³/mol. The van der Waals surface area contributed by atoms with Crippen LogP contribution in [0.1, 0.15) is 23.2 Å². The minimum Gasteiger partial charge on any atom is -0.336 e. The van der Waals surface area contributed by atoms with Gasteiger partial charge in [-0.05, 0) is 31.5 Å². The number of fused-ring (bicyclic) bond motifs is 1. The van der Waals surface area contributed by atoms with Crippen molar-refractivity contribution in [1.29, 1.82) is 0 Å². The Morgan fingerprint density at radius 1 is 1.21 bits per heavy atom. The Bertz CT molecular complexity index is 506. The zero-order chi connectivity index (χ0) is 13.4. The van der Waals surface area contributed by atoms with Crippen LogP contribution in [0.2, 0.25) is 0 Å². The molecule has 2 fully saturated rings. The third kappa shape index (κ3) is 2.34. The largest absolute Gasteiger partial charge is 0.336 e. The summed E-state index contributed by atoms with van der Waals surface area (Å²) in [7, 11) is 0. The summed E-state index contributed by atoms with van der Waals surface area (Å²) >= 11 is 0. The van der Waals surface area contributed by atoms with Crippen molar-refractivity contribution in [3.05, 3.63) is 35.4 Å². The lowest BCUT2D eigenvalue weighted by molar-refractivity contribution is 0.0567. The first kappa shape index (κ1) is 12.5. The third-order valence-electron chi connectivity index (χ3n) is 4.04. The summed E-state index contributed by atoms with van der Waals surface area (Å²) in [6.07, 6.45) is 2.26. The highest BCUT2D eigenvalue weighted by atomic mass is 19.1. The van der Waals surface area contributed by atoms with Gasteiger partial charge in [0, 0.05) is 31.7 Å². The summed E-state index contributed by atoms with van der Waals surface area (Å²) in [5.41, 5.74) is -0.0344. The Morgan fingerprint density at radius 3 is 2.84 bits per heavy atom. The first-order chi connectivity index (χ1) is 9.15. The second kappa shape index (κ2) is 4.89. The van der Waals surface area contributed by atoms with Crippen LogP contribution in [0.3, 0.4) is 0 Å². The number of nitrogens with zero attached hydrogens (tertiary/aromatic N) is 2. The molecule has 3 rings (SSSR count). The monoisotopic (exact) mass is 266 g/mol. The highest BCUT2D eigenvalue weighted by Gasteiger charge is 2.33. The lowest BCUT2D eigenvalue weighted by Crippen LogP contribution is -2.52. The molecule has 0 saturated carbocycles. The summed E-state index contributed by atoms with van der Waals surface area (Å²) in [4.78, 5) is 16.3. The number of halogens is 2. The number of rotatable bonds is 1. The summed E-state index contributed by atoms with van der Waals surface area (Å²) < 4.78 is 26.5. The fourth-order valence-electron chi connectivity index (χ4n) is 3.01. The van der Waals surface area contributed by atoms with Gasteiger partial charge < -0.3 is 4.90 Å². The lowest BCUT2D eigenvalue weighted by atomic mass is 10.1. The van der Waals surface area contributed by atoms with Gasteiger partial charge in [-0.2, -0.15) is 0 Å². The average Bonchev–Trinajstić information content (AvgIpc) is 2.85. The molecule has 1 unspecified atom stereocenters. The topological polar surface area (TPSA) is 23.6 Å². The van der Waals surface area contributed by atoms with Crippen LogP contribution >= 0.6 is 0 Å². The van der Waals surface area contributed by atoms with Gasteiger partial charge in [-0.1, -0.05) is 0 Å². The van der Waals surface area contributed by atoms with Crippen LogP contribution < -0.4 is 0 Å². The Balaban J connectivity index is 1.76. The van der Waals surface area contributed by atoms with Crippen molar-refractivity contribution in [3.63, 3.8) is 0 Å². The second-order valence-corrected chi connectivity index (χ2v) is 5.21. The molecule has 5 heteroatoms. The van der Waals surface area contributed by atoms with E-state index in [1.165, 1.54) is 6.07 Å². The van der Waals surface area contributed by atoms with E-state index in [4.69, 9.17) is 0 Å². The van der Waals surface area contributed by atoms with E-state index in [1.54, 1.807) is 4.90 Å². The van der Waals surface area contributed by atoms with Crippen molar-refractivity contribution in [3.8, 4) is 0 Å². The molecule has 2 aliphatic rings. The van der Waals surface area contributed by atoms with Crippen molar-refractivity contribution in [2.24, 2.45) is 0 Å². The summed E-state index contributed by atoms with van der Waals surface area (Å²) in [5, 5.41) is 0. The predicted octanol–water partition coefficient (Wildman–Crippen LogP) is 1.89. The van der Waals surface area contributed by atoms with Crippen LogP contribution in [-0.4, -0.2) is 47.9 Å². The zero-order valence-electron chi connectivity index (χ0n) is 10.6. The fourth-order valence-corrected chi connectivity index (χ4v) is 3.01. The van der Waals surface area contributed by atoms with Crippen LogP contribution in [0.4, 0.5) is 8.78 Å². The highest BCUT2D eigenvalue weighted by Crippen LogP contribution is 2.23. The molecule has 2 aliphatic heterocycles. The first-order valence-electron chi connectivity index (χ1n) is 6.63. The Morgan fingerprint density at radius 2 is 2.05 bits per heavy atom. The molecule has 3 nitrogen and oxygen atoms in total. The maximum atomic E-state index is 13.6. The molecule has 0 radical (unpaired) electrons. The maximum Gasteiger partial charge on any atom is 0.256 e. The number of carbonyl (C=O) groups excluding carboxylic acids is 1. The minimum atomic E-state index is -0.779. The van der Waals surface area contributed by atoms with Gasteiger partial charge in [-0.15, -0.1) is 0 Å². The van der Waals surface area contributed by atoms with Gasteiger partial charge >= 0.3 is 0 Å². The van der Waals surface area contributed by atoms with Gasteiger partial charge in [-0.25, -0.2) is 8.78 Å². The molecule has 1 atom stereocenters. The van der Waals surface area contributed by atoms with E-state index in [9.17, 15) is 13.6 Å². The van der Waals surface area contributed by atoms with Gasteiger partial charge in [0.2, 0.25) is 0 Å². The summed E-state index contributed by atoms with van der Waals surface area (Å²) in [5.74, 6) is -1.77. The highest BCUT2D eigenvalue weighted by molar-refractivity contribution is 5.94. The van der Waals surface area contributed by atoms with Crippen molar-refractivity contribution < 1.29 is 13.6 Å². The fraction of sp³-hybridized carbons (Fsp3) is 0.500. The van der Waals surface area contributed by atoms with E-state index in [0.717, 1.165) is 38.1 Å². The molecule has 0 spiro atoms. The van der Waals surface area contributed by atoms with E-state index in [0.29, 0.717) is 19.1 Å². The normalized spacial score (nSPS) is 23.5. The van der Waals surface area contributed by atoms with Crippen molar-refractivity contribution in [2.75, 3.05) is 26.2 Å². The molecular weight excluding hydrogens is 250 g/mol. The summed E-state index contributed by atoms with van der Waals surface area (Å²) in [6, 6.07) is 3.52. The molecule has 0 bridgehead atoms. The first-order valence-corrected chi connectivity index (χ1v) is 6.63. The van der Waals surface area contributed by atoms with Gasteiger partial charge in [0.1, 0.15) is 11.6 Å². The van der Waals surface area contributed by atoms with Gasteiger partial charge in [-0.3, -0.25) is 9.69 Å². The summed E-state index contributed by atoms with van der Waals surface area (Å²) in [6.45, 7) is 3.21. The number of amides is 1. The van der Waals surface area contributed by atoms with E-state index in [1.807, 2.05) is 0 Å². The van der Waals surface area contributed by atoms with Gasteiger partial charge in [0.15, 0.2) is 0 Å². The number of hydrogen-bond donors (Lipinski definition) is 0. The molecule has 2 saturated heterocycles. The molecule has 102 valence electrons. The Kier molecular flexibility index (Phi) is 3.22. The number of piperazine rings is 1. The molecular formula is C14H16F2N2O. The van der Waals surface area contributed by atoms with Crippen molar-refractivity contribution >= 4 is 5.91 Å².